The first-order valence-electron chi connectivity index (χ1n) is 11.0. The summed E-state index contributed by atoms with van der Waals surface area (Å²) in [6.45, 7) is 3.97. The number of benzene rings is 2. The number of carbonyl (C=O) groups is 3. The van der Waals surface area contributed by atoms with Gasteiger partial charge in [-0.25, -0.2) is 8.42 Å². The summed E-state index contributed by atoms with van der Waals surface area (Å²) in [5.74, 6) is -2.63. The highest BCUT2D eigenvalue weighted by molar-refractivity contribution is 7.89. The van der Waals surface area contributed by atoms with E-state index in [4.69, 9.17) is 0 Å². The van der Waals surface area contributed by atoms with Crippen LogP contribution in [0.25, 0.3) is 10.9 Å². The minimum Gasteiger partial charge on any atom is -0.358 e. The molecule has 1 fully saturated rings. The number of ketones is 1. The van der Waals surface area contributed by atoms with Crippen molar-refractivity contribution in [1.29, 1.82) is 0 Å². The third-order valence-corrected chi connectivity index (χ3v) is 8.02. The zero-order chi connectivity index (χ0) is 24.5. The molecule has 3 N–H and O–H groups in total. The molecular weight excluding hydrogens is 456 g/mol. The first-order valence-corrected chi connectivity index (χ1v) is 12.4. The van der Waals surface area contributed by atoms with E-state index in [0.29, 0.717) is 23.9 Å². The average molecular weight is 483 g/mol. The Morgan fingerprint density at radius 3 is 2.26 bits per heavy atom. The number of H-pyrrole nitrogens is 1. The zero-order valence-corrected chi connectivity index (χ0v) is 19.7. The molecule has 0 spiro atoms. The highest BCUT2D eigenvalue weighted by atomic mass is 32.2. The van der Waals surface area contributed by atoms with E-state index < -0.39 is 33.5 Å². The lowest BCUT2D eigenvalue weighted by atomic mass is 9.97. The molecule has 1 saturated heterocycles. The summed E-state index contributed by atoms with van der Waals surface area (Å²) in [6.07, 6.45) is 0.616. The van der Waals surface area contributed by atoms with Gasteiger partial charge >= 0.3 is 5.91 Å². The summed E-state index contributed by atoms with van der Waals surface area (Å²) in [6, 6.07) is 13.8. The number of Topliss-reactive ketones (excluding diaryl/α,β-unsaturated/α-hetero) is 1. The minimum absolute atomic E-state index is 0.190. The standard InChI is InChI=1S/C24H26N4O5S/c1-15-7-9-18(10-8-15)34(32,33)28-13-11-17(12-14-28)23(30)26-27-24(31)22(29)21-16(2)25-20-6-4-3-5-19(20)21/h3-10,17,25H,11-14H2,1-2H3,(H,26,30)(H,27,31). The molecule has 0 saturated carbocycles. The Labute approximate surface area is 197 Å². The number of hydrazine groups is 1. The summed E-state index contributed by atoms with van der Waals surface area (Å²) in [7, 11) is -3.63. The lowest BCUT2D eigenvalue weighted by molar-refractivity contribution is -0.130. The van der Waals surface area contributed by atoms with Crippen molar-refractivity contribution in [3.8, 4) is 0 Å². The highest BCUT2D eigenvalue weighted by Gasteiger charge is 2.32. The number of nitrogens with zero attached hydrogens (tertiary/aromatic N) is 1. The molecule has 0 unspecified atom stereocenters. The van der Waals surface area contributed by atoms with Crippen LogP contribution in [0.5, 0.6) is 0 Å². The number of nitrogens with one attached hydrogen (secondary N) is 3. The maximum atomic E-state index is 12.8. The van der Waals surface area contributed by atoms with Gasteiger partial charge < -0.3 is 4.98 Å². The smallest absolute Gasteiger partial charge is 0.310 e. The van der Waals surface area contributed by atoms with Crippen molar-refractivity contribution >= 4 is 38.5 Å². The van der Waals surface area contributed by atoms with Crippen LogP contribution in [0.2, 0.25) is 0 Å². The Morgan fingerprint density at radius 2 is 1.59 bits per heavy atom. The van der Waals surface area contributed by atoms with E-state index in [2.05, 4.69) is 15.8 Å². The number of hydrogen-bond donors (Lipinski definition) is 3. The third kappa shape index (κ3) is 4.59. The van der Waals surface area contributed by atoms with Gasteiger partial charge in [-0.1, -0.05) is 35.9 Å². The van der Waals surface area contributed by atoms with Gasteiger partial charge in [0.15, 0.2) is 0 Å². The molecule has 0 bridgehead atoms. The van der Waals surface area contributed by atoms with E-state index in [-0.39, 0.29) is 23.5 Å². The SMILES string of the molecule is Cc1ccc(S(=O)(=O)N2CCC(C(=O)NNC(=O)C(=O)c3c(C)[nH]c4ccccc34)CC2)cc1. The molecule has 2 heterocycles. The van der Waals surface area contributed by atoms with Crippen molar-refractivity contribution in [2.75, 3.05) is 13.1 Å². The number of rotatable bonds is 5. The number of amides is 2. The van der Waals surface area contributed by atoms with Gasteiger partial charge in [-0.05, 0) is 44.9 Å². The van der Waals surface area contributed by atoms with Crippen LogP contribution in [-0.4, -0.2) is 48.4 Å². The van der Waals surface area contributed by atoms with Crippen LogP contribution in [0.15, 0.2) is 53.4 Å². The molecule has 178 valence electrons. The summed E-state index contributed by atoms with van der Waals surface area (Å²) < 4.78 is 27.0. The first kappa shape index (κ1) is 23.7. The van der Waals surface area contributed by atoms with Gasteiger partial charge in [0.1, 0.15) is 0 Å². The second kappa shape index (κ2) is 9.40. The fourth-order valence-corrected chi connectivity index (χ4v) is 5.65. The predicted octanol–water partition coefficient (Wildman–Crippen LogP) is 2.22. The molecule has 9 nitrogen and oxygen atoms in total. The van der Waals surface area contributed by atoms with Crippen molar-refractivity contribution in [2.45, 2.75) is 31.6 Å². The Balaban J connectivity index is 1.33. The largest absolute Gasteiger partial charge is 0.358 e. The van der Waals surface area contributed by atoms with E-state index in [1.807, 2.05) is 19.1 Å². The molecule has 10 heteroatoms. The molecule has 34 heavy (non-hydrogen) atoms. The number of aryl methyl sites for hydroxylation is 2. The van der Waals surface area contributed by atoms with Crippen molar-refractivity contribution in [3.63, 3.8) is 0 Å². The molecule has 0 aliphatic carbocycles. The molecule has 2 amide bonds. The summed E-state index contributed by atoms with van der Waals surface area (Å²) >= 11 is 0. The normalized spacial score (nSPS) is 15.2. The van der Waals surface area contributed by atoms with E-state index >= 15 is 0 Å². The number of piperidine rings is 1. The number of aromatic nitrogens is 1. The van der Waals surface area contributed by atoms with E-state index in [9.17, 15) is 22.8 Å². The maximum absolute atomic E-state index is 12.8. The van der Waals surface area contributed by atoms with Crippen molar-refractivity contribution in [3.05, 3.63) is 65.4 Å². The number of hydrogen-bond acceptors (Lipinski definition) is 5. The van der Waals surface area contributed by atoms with Gasteiger partial charge in [0.25, 0.3) is 5.78 Å². The summed E-state index contributed by atoms with van der Waals surface area (Å²) in [4.78, 5) is 40.9. The van der Waals surface area contributed by atoms with Crippen LogP contribution in [-0.2, 0) is 19.6 Å². The van der Waals surface area contributed by atoms with Crippen LogP contribution in [0.1, 0.15) is 34.5 Å². The lowest BCUT2D eigenvalue weighted by Gasteiger charge is -2.30. The zero-order valence-electron chi connectivity index (χ0n) is 18.9. The van der Waals surface area contributed by atoms with Crippen LogP contribution < -0.4 is 10.9 Å². The maximum Gasteiger partial charge on any atom is 0.310 e. The lowest BCUT2D eigenvalue weighted by Crippen LogP contribution is -2.49. The molecule has 1 aliphatic heterocycles. The van der Waals surface area contributed by atoms with E-state index in [1.54, 1.807) is 43.3 Å². The van der Waals surface area contributed by atoms with Gasteiger partial charge in [-0.15, -0.1) is 0 Å². The second-order valence-corrected chi connectivity index (χ2v) is 10.4. The van der Waals surface area contributed by atoms with Crippen LogP contribution in [0, 0.1) is 19.8 Å². The topological polar surface area (TPSA) is 128 Å². The molecule has 0 atom stereocenters. The average Bonchev–Trinajstić information content (AvgIpc) is 3.17. The summed E-state index contributed by atoms with van der Waals surface area (Å²) in [5.41, 5.74) is 7.05. The van der Waals surface area contributed by atoms with Gasteiger partial charge in [0.05, 0.1) is 10.5 Å². The Kier molecular flexibility index (Phi) is 6.54. The summed E-state index contributed by atoms with van der Waals surface area (Å²) in [5, 5.41) is 0.633. The van der Waals surface area contributed by atoms with Crippen molar-refractivity contribution < 1.29 is 22.8 Å². The first-order chi connectivity index (χ1) is 16.2. The molecule has 4 rings (SSSR count). The quantitative estimate of drug-likeness (QED) is 0.292. The van der Waals surface area contributed by atoms with E-state index in [0.717, 1.165) is 11.1 Å². The molecule has 3 aromatic rings. The number of sulfonamides is 1. The van der Waals surface area contributed by atoms with Gasteiger partial charge in [0.2, 0.25) is 15.9 Å². The molecular formula is C24H26N4O5S. The third-order valence-electron chi connectivity index (χ3n) is 6.11. The van der Waals surface area contributed by atoms with Crippen LogP contribution >= 0.6 is 0 Å². The van der Waals surface area contributed by atoms with Crippen molar-refractivity contribution in [2.24, 2.45) is 5.92 Å². The Bertz CT molecular complexity index is 1350. The monoisotopic (exact) mass is 482 g/mol. The number of para-hydroxylation sites is 1. The van der Waals surface area contributed by atoms with E-state index in [1.165, 1.54) is 4.31 Å². The fourth-order valence-electron chi connectivity index (χ4n) is 4.18. The molecule has 0 radical (unpaired) electrons. The van der Waals surface area contributed by atoms with Crippen LogP contribution in [0.3, 0.4) is 0 Å². The minimum atomic E-state index is -3.63. The molecule has 1 aromatic heterocycles. The Morgan fingerprint density at radius 1 is 0.941 bits per heavy atom. The predicted molar refractivity (Wildman–Crippen MR) is 126 cm³/mol. The molecule has 2 aromatic carbocycles. The van der Waals surface area contributed by atoms with Gasteiger partial charge in [-0.3, -0.25) is 25.2 Å². The number of fused-ring (bicyclic) bond motifs is 1. The fraction of sp³-hybridized carbons (Fsp3) is 0.292. The van der Waals surface area contributed by atoms with Crippen molar-refractivity contribution in [1.82, 2.24) is 20.1 Å². The molecule has 1 aliphatic rings. The second-order valence-electron chi connectivity index (χ2n) is 8.43. The van der Waals surface area contributed by atoms with Crippen LogP contribution in [0.4, 0.5) is 0 Å². The number of aromatic amines is 1. The van der Waals surface area contributed by atoms with Gasteiger partial charge in [-0.2, -0.15) is 4.31 Å². The Hall–Kier alpha value is -3.50. The number of carbonyl (C=O) groups excluding carboxylic acids is 3. The highest BCUT2D eigenvalue weighted by Crippen LogP contribution is 2.25. The van der Waals surface area contributed by atoms with Gasteiger partial charge in [0, 0.05) is 35.6 Å².